The summed E-state index contributed by atoms with van der Waals surface area (Å²) in [4.78, 5) is 17.0. The quantitative estimate of drug-likeness (QED) is 0.422. The Balaban J connectivity index is 1.51. The molecule has 0 aliphatic rings. The molecule has 29 heavy (non-hydrogen) atoms. The van der Waals surface area contributed by atoms with E-state index in [2.05, 4.69) is 10.1 Å². The van der Waals surface area contributed by atoms with Crippen LogP contribution in [0.3, 0.4) is 0 Å². The number of rotatable bonds is 7. The summed E-state index contributed by atoms with van der Waals surface area (Å²) in [6, 6.07) is 15.1. The topological polar surface area (TPSA) is 87.6 Å². The molecule has 0 saturated heterocycles. The van der Waals surface area contributed by atoms with Crippen molar-refractivity contribution in [2.24, 2.45) is 0 Å². The summed E-state index contributed by atoms with van der Waals surface area (Å²) >= 11 is 0. The molecule has 0 aliphatic carbocycles. The minimum Gasteiger partial charge on any atom is -0.450 e. The minimum atomic E-state index is -0.605. The lowest BCUT2D eigenvalue weighted by molar-refractivity contribution is 0.0388. The summed E-state index contributed by atoms with van der Waals surface area (Å²) in [5.41, 5.74) is 3.16. The lowest BCUT2D eigenvalue weighted by atomic mass is 10.1. The van der Waals surface area contributed by atoms with E-state index in [0.29, 0.717) is 23.6 Å². The van der Waals surface area contributed by atoms with Crippen LogP contribution in [0.1, 0.15) is 34.5 Å². The van der Waals surface area contributed by atoms with E-state index in [1.165, 1.54) is 0 Å². The Bertz CT molecular complexity index is 1150. The first-order valence-corrected chi connectivity index (χ1v) is 9.31. The molecule has 0 bridgehead atoms. The summed E-state index contributed by atoms with van der Waals surface area (Å²) in [6.07, 6.45) is 0. The first-order chi connectivity index (χ1) is 14.2. The van der Waals surface area contributed by atoms with Gasteiger partial charge in [0.2, 0.25) is 11.6 Å². The van der Waals surface area contributed by atoms with Crippen molar-refractivity contribution < 1.29 is 23.2 Å². The molecule has 0 amide bonds. The van der Waals surface area contributed by atoms with E-state index in [1.807, 2.05) is 56.3 Å². The maximum atomic E-state index is 12.6. The second kappa shape index (κ2) is 8.28. The van der Waals surface area contributed by atoms with Gasteiger partial charge in [0, 0.05) is 23.1 Å². The molecule has 7 nitrogen and oxygen atoms in total. The van der Waals surface area contributed by atoms with Crippen molar-refractivity contribution >= 4 is 16.9 Å². The minimum absolute atomic E-state index is 0.123. The number of esters is 1. The van der Waals surface area contributed by atoms with E-state index in [0.717, 1.165) is 16.5 Å². The number of benzene rings is 2. The summed E-state index contributed by atoms with van der Waals surface area (Å²) in [7, 11) is 0. The zero-order valence-electron chi connectivity index (χ0n) is 16.2. The Hall–Kier alpha value is -3.45. The van der Waals surface area contributed by atoms with Crippen LogP contribution in [0.25, 0.3) is 22.4 Å². The van der Waals surface area contributed by atoms with Crippen LogP contribution in [0.4, 0.5) is 0 Å². The lowest BCUT2D eigenvalue weighted by Gasteiger charge is -2.03. The van der Waals surface area contributed by atoms with Crippen molar-refractivity contribution in [1.29, 1.82) is 0 Å². The largest absolute Gasteiger partial charge is 0.450 e. The first-order valence-electron chi connectivity index (χ1n) is 9.31. The van der Waals surface area contributed by atoms with Gasteiger partial charge in [-0.05, 0) is 25.5 Å². The number of hydrogen-bond acceptors (Lipinski definition) is 7. The van der Waals surface area contributed by atoms with Gasteiger partial charge in [0.05, 0.1) is 6.61 Å². The van der Waals surface area contributed by atoms with Gasteiger partial charge in [0.1, 0.15) is 5.58 Å². The molecular weight excluding hydrogens is 372 g/mol. The number of para-hydroxylation sites is 1. The van der Waals surface area contributed by atoms with Crippen molar-refractivity contribution in [3.8, 4) is 11.4 Å². The molecule has 0 aliphatic heterocycles. The number of carbonyl (C=O) groups excluding carboxylic acids is 1. The van der Waals surface area contributed by atoms with Crippen LogP contribution < -0.4 is 0 Å². The summed E-state index contributed by atoms with van der Waals surface area (Å²) < 4.78 is 21.8. The predicted octanol–water partition coefficient (Wildman–Crippen LogP) is 4.68. The van der Waals surface area contributed by atoms with Crippen molar-refractivity contribution in [3.05, 3.63) is 71.3 Å². The first kappa shape index (κ1) is 18.9. The summed E-state index contributed by atoms with van der Waals surface area (Å²) in [5.74, 6) is 0.179. The molecule has 7 heteroatoms. The second-order valence-electron chi connectivity index (χ2n) is 6.45. The zero-order chi connectivity index (χ0) is 20.2. The van der Waals surface area contributed by atoms with Crippen molar-refractivity contribution in [2.75, 3.05) is 6.61 Å². The fourth-order valence-electron chi connectivity index (χ4n) is 3.05. The predicted molar refractivity (Wildman–Crippen MR) is 105 cm³/mol. The zero-order valence-corrected chi connectivity index (χ0v) is 16.2. The number of ether oxygens (including phenoxy) is 2. The van der Waals surface area contributed by atoms with Crippen molar-refractivity contribution in [1.82, 2.24) is 10.1 Å². The van der Waals surface area contributed by atoms with E-state index in [-0.39, 0.29) is 24.9 Å². The Morgan fingerprint density at radius 1 is 1.07 bits per heavy atom. The highest BCUT2D eigenvalue weighted by Gasteiger charge is 2.23. The van der Waals surface area contributed by atoms with Crippen LogP contribution in [0.2, 0.25) is 0 Å². The van der Waals surface area contributed by atoms with Crippen molar-refractivity contribution in [3.63, 3.8) is 0 Å². The highest BCUT2D eigenvalue weighted by molar-refractivity contribution is 5.96. The normalized spacial score (nSPS) is 11.1. The van der Waals surface area contributed by atoms with E-state index < -0.39 is 5.97 Å². The molecule has 0 saturated carbocycles. The maximum Gasteiger partial charge on any atom is 0.375 e. The molecule has 4 rings (SSSR count). The molecule has 2 heterocycles. The van der Waals surface area contributed by atoms with Gasteiger partial charge < -0.3 is 18.4 Å². The number of aromatic nitrogens is 2. The fourth-order valence-corrected chi connectivity index (χ4v) is 3.05. The molecular formula is C22H20N2O5. The molecule has 0 spiro atoms. The van der Waals surface area contributed by atoms with Crippen LogP contribution in [0, 0.1) is 6.92 Å². The Kier molecular flexibility index (Phi) is 5.39. The molecule has 2 aromatic carbocycles. The van der Waals surface area contributed by atoms with Gasteiger partial charge in [-0.15, -0.1) is 0 Å². The van der Waals surface area contributed by atoms with E-state index in [4.69, 9.17) is 18.4 Å². The van der Waals surface area contributed by atoms with Crippen LogP contribution >= 0.6 is 0 Å². The van der Waals surface area contributed by atoms with Crippen LogP contribution in [-0.4, -0.2) is 22.7 Å². The number of aryl methyl sites for hydroxylation is 1. The highest BCUT2D eigenvalue weighted by Crippen LogP contribution is 2.27. The third-order valence-corrected chi connectivity index (χ3v) is 4.52. The average Bonchev–Trinajstić information content (AvgIpc) is 3.35. The molecule has 4 aromatic rings. The van der Waals surface area contributed by atoms with Crippen LogP contribution in [-0.2, 0) is 22.7 Å². The standard InChI is InChI=1S/C22H20N2O5/c1-3-26-12-17-16-10-6-7-11-18(16)28-20(17)22(25)27-13-19-23-21(24-29-19)15-9-5-4-8-14(15)2/h4-11H,3,12-13H2,1-2H3. The summed E-state index contributed by atoms with van der Waals surface area (Å²) in [6.45, 7) is 4.49. The Morgan fingerprint density at radius 3 is 2.69 bits per heavy atom. The molecule has 2 aromatic heterocycles. The van der Waals surface area contributed by atoms with Gasteiger partial charge in [-0.1, -0.05) is 47.6 Å². The SMILES string of the molecule is CCOCc1c(C(=O)OCc2nc(-c3ccccc3C)no2)oc2ccccc12. The maximum absolute atomic E-state index is 12.6. The number of fused-ring (bicyclic) bond motifs is 1. The third-order valence-electron chi connectivity index (χ3n) is 4.52. The molecule has 0 radical (unpaired) electrons. The van der Waals surface area contributed by atoms with Gasteiger partial charge in [0.15, 0.2) is 6.61 Å². The monoisotopic (exact) mass is 392 g/mol. The number of furan rings is 1. The van der Waals surface area contributed by atoms with Crippen LogP contribution in [0.15, 0.2) is 57.5 Å². The smallest absolute Gasteiger partial charge is 0.375 e. The number of hydrogen-bond donors (Lipinski definition) is 0. The van der Waals surface area contributed by atoms with Gasteiger partial charge in [-0.2, -0.15) is 4.98 Å². The molecule has 148 valence electrons. The molecule has 0 fully saturated rings. The average molecular weight is 392 g/mol. The van der Waals surface area contributed by atoms with Gasteiger partial charge in [-0.3, -0.25) is 0 Å². The van der Waals surface area contributed by atoms with Crippen LogP contribution in [0.5, 0.6) is 0 Å². The van der Waals surface area contributed by atoms with Gasteiger partial charge in [0.25, 0.3) is 5.89 Å². The van der Waals surface area contributed by atoms with E-state index in [1.54, 1.807) is 6.07 Å². The van der Waals surface area contributed by atoms with E-state index >= 15 is 0 Å². The second-order valence-corrected chi connectivity index (χ2v) is 6.45. The Labute approximate surface area is 167 Å². The van der Waals surface area contributed by atoms with Crippen molar-refractivity contribution in [2.45, 2.75) is 27.1 Å². The summed E-state index contributed by atoms with van der Waals surface area (Å²) in [5, 5.41) is 4.80. The third kappa shape index (κ3) is 3.90. The fraction of sp³-hybridized carbons (Fsp3) is 0.227. The molecule has 0 atom stereocenters. The molecule has 0 N–H and O–H groups in total. The highest BCUT2D eigenvalue weighted by atomic mass is 16.6. The number of nitrogens with zero attached hydrogens (tertiary/aromatic N) is 2. The lowest BCUT2D eigenvalue weighted by Crippen LogP contribution is -2.08. The number of carbonyl (C=O) groups is 1. The van der Waals surface area contributed by atoms with E-state index in [9.17, 15) is 4.79 Å². The molecule has 0 unspecified atom stereocenters. The Morgan fingerprint density at radius 2 is 1.86 bits per heavy atom. The van der Waals surface area contributed by atoms with Gasteiger partial charge in [-0.25, -0.2) is 4.79 Å². The van der Waals surface area contributed by atoms with Gasteiger partial charge >= 0.3 is 5.97 Å².